The second-order valence-corrected chi connectivity index (χ2v) is 6.27. The summed E-state index contributed by atoms with van der Waals surface area (Å²) in [5.41, 5.74) is -4.57. The number of ether oxygens (including phenoxy) is 5. The van der Waals surface area contributed by atoms with Crippen LogP contribution < -0.4 is 0 Å². The van der Waals surface area contributed by atoms with Crippen molar-refractivity contribution in [1.82, 2.24) is 0 Å². The van der Waals surface area contributed by atoms with E-state index in [-0.39, 0.29) is 45.9 Å². The Balaban J connectivity index is 2.29. The van der Waals surface area contributed by atoms with E-state index in [1.54, 1.807) is 20.8 Å². The van der Waals surface area contributed by atoms with Crippen molar-refractivity contribution in [3.05, 3.63) is 0 Å². The molecule has 0 amide bonds. The van der Waals surface area contributed by atoms with Crippen LogP contribution in [0.2, 0.25) is 0 Å². The summed E-state index contributed by atoms with van der Waals surface area (Å²) < 4.78 is 25.5. The fourth-order valence-electron chi connectivity index (χ4n) is 2.86. The van der Waals surface area contributed by atoms with Gasteiger partial charge in [-0.2, -0.15) is 5.26 Å². The quantitative estimate of drug-likeness (QED) is 0.307. The number of carbonyl (C=O) groups excluding carboxylic acids is 3. The van der Waals surface area contributed by atoms with Gasteiger partial charge >= 0.3 is 17.9 Å². The lowest BCUT2D eigenvalue weighted by Gasteiger charge is -2.28. The first kappa shape index (κ1) is 20.1. The van der Waals surface area contributed by atoms with Crippen molar-refractivity contribution in [2.45, 2.75) is 44.8 Å². The minimum absolute atomic E-state index is 0.0297. The van der Waals surface area contributed by atoms with E-state index in [1.165, 1.54) is 0 Å². The van der Waals surface area contributed by atoms with E-state index in [2.05, 4.69) is 0 Å². The van der Waals surface area contributed by atoms with Crippen LogP contribution in [0.15, 0.2) is 0 Å². The largest absolute Gasteiger partial charge is 0.465 e. The zero-order valence-corrected chi connectivity index (χ0v) is 15.2. The Kier molecular flexibility index (Phi) is 5.88. The van der Waals surface area contributed by atoms with Crippen molar-refractivity contribution >= 4 is 17.9 Å². The van der Waals surface area contributed by atoms with E-state index in [0.717, 1.165) is 0 Å². The monoisotopic (exact) mass is 369 g/mol. The molecule has 2 fully saturated rings. The van der Waals surface area contributed by atoms with Gasteiger partial charge in [0, 0.05) is 12.8 Å². The first-order chi connectivity index (χ1) is 12.3. The van der Waals surface area contributed by atoms with Crippen LogP contribution in [0, 0.1) is 16.7 Å². The van der Waals surface area contributed by atoms with E-state index in [9.17, 15) is 19.6 Å². The van der Waals surface area contributed by atoms with Gasteiger partial charge in [0.15, 0.2) is 16.6 Å². The average Bonchev–Trinajstić information content (AvgIpc) is 3.52. The average molecular weight is 369 g/mol. The third-order valence-corrected chi connectivity index (χ3v) is 4.34. The summed E-state index contributed by atoms with van der Waals surface area (Å²) in [6.45, 7) is 5.27. The molecule has 9 heteroatoms. The number of rotatable bonds is 10. The Hall–Kier alpha value is -2.18. The lowest BCUT2D eigenvalue weighted by atomic mass is 9.73. The van der Waals surface area contributed by atoms with Crippen LogP contribution >= 0.6 is 0 Å². The van der Waals surface area contributed by atoms with Gasteiger partial charge in [0.25, 0.3) is 0 Å². The molecule has 0 aliphatic carbocycles. The second kappa shape index (κ2) is 7.60. The molecule has 26 heavy (non-hydrogen) atoms. The van der Waals surface area contributed by atoms with Gasteiger partial charge in [-0.05, 0) is 20.8 Å². The summed E-state index contributed by atoms with van der Waals surface area (Å²) in [5, 5.41) is 9.81. The molecule has 0 aromatic heterocycles. The number of carbonyl (C=O) groups is 3. The fraction of sp³-hybridized carbons (Fsp3) is 0.765. The zero-order chi connectivity index (χ0) is 19.4. The van der Waals surface area contributed by atoms with Gasteiger partial charge in [-0.25, -0.2) is 9.59 Å². The van der Waals surface area contributed by atoms with Crippen molar-refractivity contribution in [3.63, 3.8) is 0 Å². The van der Waals surface area contributed by atoms with Crippen molar-refractivity contribution in [2.75, 3.05) is 33.0 Å². The maximum atomic E-state index is 12.6. The van der Waals surface area contributed by atoms with E-state index in [4.69, 9.17) is 23.7 Å². The Morgan fingerprint density at radius 2 is 1.31 bits per heavy atom. The van der Waals surface area contributed by atoms with Crippen LogP contribution in [0.4, 0.5) is 0 Å². The van der Waals surface area contributed by atoms with Crippen LogP contribution in [-0.4, -0.2) is 62.1 Å². The van der Waals surface area contributed by atoms with Crippen LogP contribution in [-0.2, 0) is 38.1 Å². The van der Waals surface area contributed by atoms with Crippen LogP contribution in [0.1, 0.15) is 33.6 Å². The molecule has 0 bridgehead atoms. The van der Waals surface area contributed by atoms with E-state index < -0.39 is 34.5 Å². The minimum Gasteiger partial charge on any atom is -0.465 e. The number of hydrogen-bond acceptors (Lipinski definition) is 9. The number of nitrogens with zero attached hydrogens (tertiary/aromatic N) is 1. The number of epoxide rings is 2. The van der Waals surface area contributed by atoms with Gasteiger partial charge < -0.3 is 23.7 Å². The fourth-order valence-corrected chi connectivity index (χ4v) is 2.86. The topological polar surface area (TPSA) is 128 Å². The molecule has 0 N–H and O–H groups in total. The smallest absolute Gasteiger partial charge is 0.340 e. The Morgan fingerprint density at radius 1 is 0.923 bits per heavy atom. The zero-order valence-electron chi connectivity index (χ0n) is 15.2. The molecule has 0 radical (unpaired) electrons. The third-order valence-electron chi connectivity index (χ3n) is 4.34. The lowest BCUT2D eigenvalue weighted by molar-refractivity contribution is -0.160. The Labute approximate surface area is 151 Å². The van der Waals surface area contributed by atoms with Gasteiger partial charge in [0.05, 0.1) is 39.1 Å². The summed E-state index contributed by atoms with van der Waals surface area (Å²) in [4.78, 5) is 37.0. The molecule has 2 unspecified atom stereocenters. The summed E-state index contributed by atoms with van der Waals surface area (Å²) >= 11 is 0. The van der Waals surface area contributed by atoms with Crippen molar-refractivity contribution in [2.24, 2.45) is 5.41 Å². The highest BCUT2D eigenvalue weighted by Gasteiger charge is 2.66. The summed E-state index contributed by atoms with van der Waals surface area (Å²) in [6, 6.07) is 1.94. The predicted octanol–water partition coefficient (Wildman–Crippen LogP) is 0.504. The first-order valence-corrected chi connectivity index (χ1v) is 8.54. The Bertz CT molecular complexity index is 579. The van der Waals surface area contributed by atoms with Gasteiger partial charge in [0.2, 0.25) is 0 Å². The first-order valence-electron chi connectivity index (χ1n) is 8.54. The molecule has 0 spiro atoms. The van der Waals surface area contributed by atoms with Crippen LogP contribution in [0.25, 0.3) is 0 Å². The van der Waals surface area contributed by atoms with Gasteiger partial charge in [-0.3, -0.25) is 4.79 Å². The predicted molar refractivity (Wildman–Crippen MR) is 84.5 cm³/mol. The minimum atomic E-state index is -1.80. The van der Waals surface area contributed by atoms with Crippen molar-refractivity contribution < 1.29 is 38.1 Å². The summed E-state index contributed by atoms with van der Waals surface area (Å²) in [7, 11) is 0. The molecule has 0 aromatic rings. The molecule has 2 aliphatic heterocycles. The molecular weight excluding hydrogens is 346 g/mol. The molecule has 0 saturated carbocycles. The SMILES string of the molecule is CCOC(=O)C(C#N)(CC1(C(=O)OCC)CO1)CC1(C(=O)OCC)CO1. The highest BCUT2D eigenvalue weighted by Crippen LogP contribution is 2.48. The normalized spacial score (nSPS) is 28.2. The van der Waals surface area contributed by atoms with Gasteiger partial charge in [-0.1, -0.05) is 0 Å². The summed E-state index contributed by atoms with van der Waals surface area (Å²) in [6.07, 6.45) is -0.558. The number of esters is 3. The Morgan fingerprint density at radius 3 is 1.58 bits per heavy atom. The maximum absolute atomic E-state index is 12.6. The molecule has 0 aromatic carbocycles. The second-order valence-electron chi connectivity index (χ2n) is 6.27. The number of hydrogen-bond donors (Lipinski definition) is 0. The number of nitriles is 1. The molecule has 144 valence electrons. The molecule has 2 rings (SSSR count). The van der Waals surface area contributed by atoms with E-state index in [1.807, 2.05) is 6.07 Å². The summed E-state index contributed by atoms with van der Waals surface area (Å²) in [5.74, 6) is -2.13. The third kappa shape index (κ3) is 3.81. The molecule has 2 aliphatic rings. The van der Waals surface area contributed by atoms with Crippen molar-refractivity contribution in [3.8, 4) is 6.07 Å². The standard InChI is InChI=1S/C17H23NO8/c1-4-22-12(19)15(9-18,7-16(10-25-16)13(20)23-5-2)8-17(11-26-17)14(21)24-6-3/h4-8,10-11H2,1-3H3. The van der Waals surface area contributed by atoms with Gasteiger partial charge in [0.1, 0.15) is 0 Å². The molecule has 2 atom stereocenters. The van der Waals surface area contributed by atoms with Crippen LogP contribution in [0.5, 0.6) is 0 Å². The molecular formula is C17H23NO8. The van der Waals surface area contributed by atoms with Gasteiger partial charge in [-0.15, -0.1) is 0 Å². The van der Waals surface area contributed by atoms with Crippen LogP contribution in [0.3, 0.4) is 0 Å². The molecule has 2 saturated heterocycles. The van der Waals surface area contributed by atoms with Crippen molar-refractivity contribution in [1.29, 1.82) is 5.26 Å². The maximum Gasteiger partial charge on any atom is 0.340 e. The molecule has 9 nitrogen and oxygen atoms in total. The molecule has 2 heterocycles. The highest BCUT2D eigenvalue weighted by atomic mass is 16.6. The highest BCUT2D eigenvalue weighted by molar-refractivity contribution is 5.88. The van der Waals surface area contributed by atoms with E-state index in [0.29, 0.717) is 0 Å². The van der Waals surface area contributed by atoms with E-state index >= 15 is 0 Å². The lowest BCUT2D eigenvalue weighted by Crippen LogP contribution is -2.45.